The fourth-order valence-corrected chi connectivity index (χ4v) is 2.87. The molecular formula is C16H17N3OS. The number of rotatable bonds is 5. The first-order valence-electron chi connectivity index (χ1n) is 6.92. The zero-order valence-corrected chi connectivity index (χ0v) is 12.9. The minimum Gasteiger partial charge on any atom is -0.475 e. The number of fused-ring (bicyclic) bond motifs is 1. The Kier molecular flexibility index (Phi) is 4.01. The van der Waals surface area contributed by atoms with E-state index in [1.54, 1.807) is 17.5 Å². The van der Waals surface area contributed by atoms with Crippen molar-refractivity contribution in [3.63, 3.8) is 0 Å². The van der Waals surface area contributed by atoms with Gasteiger partial charge in [-0.25, -0.2) is 9.97 Å². The molecule has 0 atom stereocenters. The third-order valence-corrected chi connectivity index (χ3v) is 3.92. The standard InChI is InChI=1S/C16H17N3OS/c1-11(2)20-15-12(6-5-9-17-15)10-18-16-19-13-7-3-4-8-14(13)21-16/h3-9,11H,10H2,1-2H3,(H,18,19). The number of thiazole rings is 1. The summed E-state index contributed by atoms with van der Waals surface area (Å²) in [5.41, 5.74) is 2.06. The minimum atomic E-state index is 0.112. The summed E-state index contributed by atoms with van der Waals surface area (Å²) >= 11 is 1.65. The molecule has 0 saturated carbocycles. The summed E-state index contributed by atoms with van der Waals surface area (Å²) in [6, 6.07) is 12.1. The van der Waals surface area contributed by atoms with Crippen LogP contribution in [0, 0.1) is 0 Å². The predicted molar refractivity (Wildman–Crippen MR) is 86.9 cm³/mol. The first-order valence-corrected chi connectivity index (χ1v) is 7.74. The third-order valence-electron chi connectivity index (χ3n) is 2.92. The number of nitrogens with one attached hydrogen (secondary N) is 1. The Labute approximate surface area is 127 Å². The first-order chi connectivity index (χ1) is 10.2. The Balaban J connectivity index is 1.75. The van der Waals surface area contributed by atoms with Crippen LogP contribution in [-0.4, -0.2) is 16.1 Å². The topological polar surface area (TPSA) is 47.0 Å². The van der Waals surface area contributed by atoms with Crippen LogP contribution in [0.15, 0.2) is 42.6 Å². The highest BCUT2D eigenvalue weighted by molar-refractivity contribution is 7.22. The molecule has 0 spiro atoms. The van der Waals surface area contributed by atoms with Crippen molar-refractivity contribution < 1.29 is 4.74 Å². The summed E-state index contributed by atoms with van der Waals surface area (Å²) < 4.78 is 6.91. The average molecular weight is 299 g/mol. The van der Waals surface area contributed by atoms with Gasteiger partial charge in [0.05, 0.1) is 16.3 Å². The van der Waals surface area contributed by atoms with E-state index in [4.69, 9.17) is 4.74 Å². The molecule has 0 radical (unpaired) electrons. The van der Waals surface area contributed by atoms with E-state index in [0.29, 0.717) is 12.4 Å². The fraction of sp³-hybridized carbons (Fsp3) is 0.250. The maximum absolute atomic E-state index is 5.72. The van der Waals surface area contributed by atoms with Crippen LogP contribution in [0.5, 0.6) is 5.88 Å². The van der Waals surface area contributed by atoms with Crippen molar-refractivity contribution in [2.75, 3.05) is 5.32 Å². The lowest BCUT2D eigenvalue weighted by atomic mass is 10.2. The van der Waals surface area contributed by atoms with Crippen molar-refractivity contribution in [2.45, 2.75) is 26.5 Å². The van der Waals surface area contributed by atoms with E-state index < -0.39 is 0 Å². The van der Waals surface area contributed by atoms with E-state index in [0.717, 1.165) is 16.2 Å². The molecule has 4 nitrogen and oxygen atoms in total. The van der Waals surface area contributed by atoms with E-state index in [1.165, 1.54) is 4.70 Å². The molecule has 5 heteroatoms. The highest BCUT2D eigenvalue weighted by Gasteiger charge is 2.08. The van der Waals surface area contributed by atoms with Crippen molar-refractivity contribution in [2.24, 2.45) is 0 Å². The lowest BCUT2D eigenvalue weighted by molar-refractivity contribution is 0.230. The molecule has 1 N–H and O–H groups in total. The molecule has 2 aromatic heterocycles. The van der Waals surface area contributed by atoms with Crippen LogP contribution in [0.3, 0.4) is 0 Å². The molecule has 21 heavy (non-hydrogen) atoms. The smallest absolute Gasteiger partial charge is 0.218 e. The second-order valence-corrected chi connectivity index (χ2v) is 6.01. The van der Waals surface area contributed by atoms with E-state index in [-0.39, 0.29) is 6.10 Å². The summed E-state index contributed by atoms with van der Waals surface area (Å²) in [5.74, 6) is 0.682. The number of anilines is 1. The first kappa shape index (κ1) is 13.8. The van der Waals surface area contributed by atoms with Gasteiger partial charge < -0.3 is 10.1 Å². The van der Waals surface area contributed by atoms with Crippen LogP contribution < -0.4 is 10.1 Å². The maximum atomic E-state index is 5.72. The lowest BCUT2D eigenvalue weighted by Gasteiger charge is -2.12. The lowest BCUT2D eigenvalue weighted by Crippen LogP contribution is -2.10. The average Bonchev–Trinajstić information content (AvgIpc) is 2.88. The van der Waals surface area contributed by atoms with Gasteiger partial charge in [-0.1, -0.05) is 29.5 Å². The van der Waals surface area contributed by atoms with Crippen molar-refractivity contribution in [3.05, 3.63) is 48.2 Å². The van der Waals surface area contributed by atoms with Gasteiger partial charge in [0.15, 0.2) is 5.13 Å². The van der Waals surface area contributed by atoms with Gasteiger partial charge >= 0.3 is 0 Å². The minimum absolute atomic E-state index is 0.112. The number of nitrogens with zero attached hydrogens (tertiary/aromatic N) is 2. The number of hydrogen-bond donors (Lipinski definition) is 1. The summed E-state index contributed by atoms with van der Waals surface area (Å²) in [6.45, 7) is 4.65. The zero-order valence-electron chi connectivity index (χ0n) is 12.0. The van der Waals surface area contributed by atoms with Gasteiger partial charge in [0.1, 0.15) is 0 Å². The van der Waals surface area contributed by atoms with Crippen LogP contribution >= 0.6 is 11.3 Å². The van der Waals surface area contributed by atoms with Gasteiger partial charge in [0, 0.05) is 18.3 Å². The normalized spacial score (nSPS) is 11.0. The Morgan fingerprint density at radius 2 is 2.05 bits per heavy atom. The van der Waals surface area contributed by atoms with Crippen molar-refractivity contribution in [1.29, 1.82) is 0 Å². The number of para-hydroxylation sites is 1. The fourth-order valence-electron chi connectivity index (χ4n) is 2.01. The highest BCUT2D eigenvalue weighted by Crippen LogP contribution is 2.26. The summed E-state index contributed by atoms with van der Waals surface area (Å²) in [6.07, 6.45) is 1.86. The Morgan fingerprint density at radius 1 is 1.19 bits per heavy atom. The molecule has 0 amide bonds. The molecule has 1 aromatic carbocycles. The molecule has 0 aliphatic heterocycles. The van der Waals surface area contributed by atoms with Gasteiger partial charge in [0.25, 0.3) is 0 Å². The quantitative estimate of drug-likeness (QED) is 0.771. The van der Waals surface area contributed by atoms with Crippen LogP contribution in [0.4, 0.5) is 5.13 Å². The largest absolute Gasteiger partial charge is 0.475 e. The Morgan fingerprint density at radius 3 is 2.86 bits per heavy atom. The molecule has 0 unspecified atom stereocenters. The molecule has 0 saturated heterocycles. The molecule has 0 aliphatic carbocycles. The molecule has 108 valence electrons. The molecule has 3 aromatic rings. The second-order valence-electron chi connectivity index (χ2n) is 4.97. The summed E-state index contributed by atoms with van der Waals surface area (Å²) in [7, 11) is 0. The monoisotopic (exact) mass is 299 g/mol. The van der Waals surface area contributed by atoms with Gasteiger partial charge in [-0.2, -0.15) is 0 Å². The summed E-state index contributed by atoms with van der Waals surface area (Å²) in [4.78, 5) is 8.86. The molecular weight excluding hydrogens is 282 g/mol. The maximum Gasteiger partial charge on any atom is 0.218 e. The van der Waals surface area contributed by atoms with Crippen molar-refractivity contribution >= 4 is 26.7 Å². The van der Waals surface area contributed by atoms with Crippen LogP contribution in [-0.2, 0) is 6.54 Å². The SMILES string of the molecule is CC(C)Oc1ncccc1CNc1nc2ccccc2s1. The Hall–Kier alpha value is -2.14. The van der Waals surface area contributed by atoms with Crippen LogP contribution in [0.2, 0.25) is 0 Å². The molecule has 2 heterocycles. The Bertz CT molecular complexity index is 706. The van der Waals surface area contributed by atoms with E-state index in [2.05, 4.69) is 21.4 Å². The van der Waals surface area contributed by atoms with Crippen molar-refractivity contribution in [3.8, 4) is 5.88 Å². The zero-order chi connectivity index (χ0) is 14.7. The molecule has 0 bridgehead atoms. The third kappa shape index (κ3) is 3.31. The van der Waals surface area contributed by atoms with E-state index in [9.17, 15) is 0 Å². The molecule has 0 fully saturated rings. The van der Waals surface area contributed by atoms with E-state index in [1.807, 2.05) is 44.2 Å². The van der Waals surface area contributed by atoms with Crippen LogP contribution in [0.25, 0.3) is 10.2 Å². The molecule has 0 aliphatic rings. The number of aromatic nitrogens is 2. The predicted octanol–water partition coefficient (Wildman–Crippen LogP) is 4.09. The number of pyridine rings is 1. The van der Waals surface area contributed by atoms with Gasteiger partial charge in [-0.3, -0.25) is 0 Å². The van der Waals surface area contributed by atoms with Gasteiger partial charge in [-0.05, 0) is 32.0 Å². The number of benzene rings is 1. The number of hydrogen-bond acceptors (Lipinski definition) is 5. The van der Waals surface area contributed by atoms with Crippen LogP contribution in [0.1, 0.15) is 19.4 Å². The molecule has 3 rings (SSSR count). The van der Waals surface area contributed by atoms with E-state index >= 15 is 0 Å². The van der Waals surface area contributed by atoms with Gasteiger partial charge in [-0.15, -0.1) is 0 Å². The second kappa shape index (κ2) is 6.10. The number of ether oxygens (including phenoxy) is 1. The van der Waals surface area contributed by atoms with Gasteiger partial charge in [0.2, 0.25) is 5.88 Å². The summed E-state index contributed by atoms with van der Waals surface area (Å²) in [5, 5.41) is 4.26. The van der Waals surface area contributed by atoms with Crippen molar-refractivity contribution in [1.82, 2.24) is 9.97 Å². The highest BCUT2D eigenvalue weighted by atomic mass is 32.1.